The van der Waals surface area contributed by atoms with Crippen molar-refractivity contribution in [2.24, 2.45) is 5.73 Å². The average Bonchev–Trinajstić information content (AvgIpc) is 2.46. The molecule has 1 unspecified atom stereocenters. The third-order valence-corrected chi connectivity index (χ3v) is 2.91. The molecule has 0 heterocycles. The van der Waals surface area contributed by atoms with Gasteiger partial charge in [-0.25, -0.2) is 4.79 Å². The van der Waals surface area contributed by atoms with Gasteiger partial charge in [-0.3, -0.25) is 5.32 Å². The maximum absolute atomic E-state index is 11.4. The van der Waals surface area contributed by atoms with Crippen molar-refractivity contribution >= 4 is 40.7 Å². The fourth-order valence-electron chi connectivity index (χ4n) is 1.64. The van der Waals surface area contributed by atoms with Gasteiger partial charge in [0.1, 0.15) is 12.8 Å². The summed E-state index contributed by atoms with van der Waals surface area (Å²) in [5.41, 5.74) is 6.61. The Labute approximate surface area is 133 Å². The van der Waals surface area contributed by atoms with E-state index in [9.17, 15) is 4.79 Å². The fourth-order valence-corrected chi connectivity index (χ4v) is 2.05. The number of hydrogen-bond donors (Lipinski definition) is 3. The van der Waals surface area contributed by atoms with Crippen LogP contribution in [0.5, 0.6) is 0 Å². The van der Waals surface area contributed by atoms with Crippen molar-refractivity contribution in [1.29, 1.82) is 0 Å². The van der Waals surface area contributed by atoms with Crippen LogP contribution in [0.3, 0.4) is 0 Å². The smallest absolute Gasteiger partial charge is 0.411 e. The number of nitrogens with one attached hydrogen (secondary N) is 1. The van der Waals surface area contributed by atoms with E-state index in [1.807, 2.05) is 17.0 Å². The number of alkyl halides is 2. The van der Waals surface area contributed by atoms with Gasteiger partial charge in [-0.15, -0.1) is 23.2 Å². The van der Waals surface area contributed by atoms with E-state index in [4.69, 9.17) is 38.8 Å². The summed E-state index contributed by atoms with van der Waals surface area (Å²) < 4.78 is 4.69. The quantitative estimate of drug-likeness (QED) is 0.498. The average molecular weight is 336 g/mol. The van der Waals surface area contributed by atoms with Gasteiger partial charge in [0.2, 0.25) is 0 Å². The number of hydrogen-bond acceptors (Lipinski definition) is 5. The summed E-state index contributed by atoms with van der Waals surface area (Å²) in [5, 5.41) is 11.3. The number of halogens is 2. The number of aliphatic hydroxyl groups is 1. The summed E-state index contributed by atoms with van der Waals surface area (Å²) in [5.74, 6) is 1.01. The number of aliphatic hydroxyl groups excluding tert-OH is 1. The monoisotopic (exact) mass is 335 g/mol. The zero-order valence-corrected chi connectivity index (χ0v) is 13.0. The second-order valence-corrected chi connectivity index (χ2v) is 4.96. The highest BCUT2D eigenvalue weighted by atomic mass is 35.5. The summed E-state index contributed by atoms with van der Waals surface area (Å²) in [6.45, 7) is 1.12. The van der Waals surface area contributed by atoms with Crippen LogP contribution in [0.15, 0.2) is 24.3 Å². The van der Waals surface area contributed by atoms with Gasteiger partial charge in [-0.1, -0.05) is 0 Å². The highest BCUT2D eigenvalue weighted by Crippen LogP contribution is 2.18. The largest absolute Gasteiger partial charge is 0.445 e. The van der Waals surface area contributed by atoms with Crippen molar-refractivity contribution in [1.82, 2.24) is 0 Å². The number of nitrogens with two attached hydrogens (primary N) is 1. The molecule has 0 bridgehead atoms. The van der Waals surface area contributed by atoms with Crippen LogP contribution in [0, 0.1) is 0 Å². The number of benzene rings is 1. The minimum absolute atomic E-state index is 0.261. The lowest BCUT2D eigenvalue weighted by atomic mass is 10.2. The Morgan fingerprint density at radius 1 is 1.29 bits per heavy atom. The Balaban J connectivity index is 2.58. The Hall–Kier alpha value is -1.21. The lowest BCUT2D eigenvalue weighted by Gasteiger charge is -2.23. The molecule has 0 saturated heterocycles. The van der Waals surface area contributed by atoms with Crippen LogP contribution >= 0.6 is 23.2 Å². The van der Waals surface area contributed by atoms with Crippen molar-refractivity contribution in [3.05, 3.63) is 24.3 Å². The summed E-state index contributed by atoms with van der Waals surface area (Å²) in [6, 6.07) is 7.19. The van der Waals surface area contributed by atoms with Crippen LogP contribution in [0.2, 0.25) is 0 Å². The van der Waals surface area contributed by atoms with Gasteiger partial charge in [-0.05, 0) is 24.3 Å². The summed E-state index contributed by atoms with van der Waals surface area (Å²) in [7, 11) is 0. The van der Waals surface area contributed by atoms with Gasteiger partial charge in [-0.2, -0.15) is 0 Å². The summed E-state index contributed by atoms with van der Waals surface area (Å²) in [4.78, 5) is 13.4. The Bertz CT molecular complexity index is 423. The van der Waals surface area contributed by atoms with Crippen LogP contribution in [0.25, 0.3) is 0 Å². The highest BCUT2D eigenvalue weighted by molar-refractivity contribution is 6.18. The standard InChI is InChI=1S/C13H19Cl2N3O3/c14-5-7-18(8-6-15)11-3-1-10(2-4-11)17-13(20)21-9-12(16)19/h1-4,12,19H,5-9,16H2,(H,17,20). The molecule has 0 aromatic heterocycles. The van der Waals surface area contributed by atoms with Crippen LogP contribution in [-0.2, 0) is 4.74 Å². The van der Waals surface area contributed by atoms with E-state index in [2.05, 4.69) is 5.32 Å². The summed E-state index contributed by atoms with van der Waals surface area (Å²) in [6.07, 6.45) is -1.86. The second-order valence-electron chi connectivity index (χ2n) is 4.20. The van der Waals surface area contributed by atoms with Gasteiger partial charge in [0.25, 0.3) is 0 Å². The van der Waals surface area contributed by atoms with Crippen molar-refractivity contribution in [3.63, 3.8) is 0 Å². The summed E-state index contributed by atoms with van der Waals surface area (Å²) >= 11 is 11.5. The number of anilines is 2. The Morgan fingerprint density at radius 2 is 1.86 bits per heavy atom. The maximum Gasteiger partial charge on any atom is 0.411 e. The molecule has 1 rings (SSSR count). The number of amides is 1. The van der Waals surface area contributed by atoms with Gasteiger partial charge < -0.3 is 20.5 Å². The Kier molecular flexibility index (Phi) is 8.22. The number of carbonyl (C=O) groups excluding carboxylic acids is 1. The topological polar surface area (TPSA) is 87.8 Å². The molecular formula is C13H19Cl2N3O3. The van der Waals surface area contributed by atoms with Gasteiger partial charge >= 0.3 is 6.09 Å². The van der Waals surface area contributed by atoms with Gasteiger partial charge in [0.05, 0.1) is 0 Å². The number of carbonyl (C=O) groups is 1. The van der Waals surface area contributed by atoms with E-state index in [1.54, 1.807) is 12.1 Å². The van der Waals surface area contributed by atoms with E-state index in [0.717, 1.165) is 5.69 Å². The molecule has 0 aliphatic carbocycles. The molecule has 6 nitrogen and oxygen atoms in total. The third-order valence-electron chi connectivity index (χ3n) is 2.57. The SMILES string of the molecule is NC(O)COC(=O)Nc1ccc(N(CCCl)CCCl)cc1. The molecule has 1 amide bonds. The molecule has 0 aliphatic heterocycles. The first kappa shape index (κ1) is 17.8. The molecule has 0 spiro atoms. The first-order valence-corrected chi connectivity index (χ1v) is 7.48. The van der Waals surface area contributed by atoms with E-state index in [1.165, 1.54) is 0 Å². The van der Waals surface area contributed by atoms with Gasteiger partial charge in [0, 0.05) is 36.2 Å². The first-order chi connectivity index (χ1) is 10.1. The van der Waals surface area contributed by atoms with Crippen LogP contribution in [0.4, 0.5) is 16.2 Å². The zero-order chi connectivity index (χ0) is 15.7. The number of rotatable bonds is 8. The Morgan fingerprint density at radius 3 is 2.33 bits per heavy atom. The van der Waals surface area contributed by atoms with E-state index >= 15 is 0 Å². The highest BCUT2D eigenvalue weighted by Gasteiger charge is 2.08. The van der Waals surface area contributed by atoms with Crippen LogP contribution < -0.4 is 16.0 Å². The van der Waals surface area contributed by atoms with Crippen molar-refractivity contribution in [2.45, 2.75) is 6.23 Å². The predicted molar refractivity (Wildman–Crippen MR) is 85.3 cm³/mol. The molecule has 8 heteroatoms. The zero-order valence-electron chi connectivity index (χ0n) is 11.5. The minimum Gasteiger partial charge on any atom is -0.445 e. The molecule has 0 aliphatic rings. The van der Waals surface area contributed by atoms with Gasteiger partial charge in [0.15, 0.2) is 0 Å². The molecule has 0 radical (unpaired) electrons. The molecule has 0 saturated carbocycles. The normalized spacial score (nSPS) is 11.8. The number of nitrogens with zero attached hydrogens (tertiary/aromatic N) is 1. The van der Waals surface area contributed by atoms with Crippen LogP contribution in [-0.4, -0.2) is 48.9 Å². The fraction of sp³-hybridized carbons (Fsp3) is 0.462. The van der Waals surface area contributed by atoms with E-state index < -0.39 is 12.3 Å². The predicted octanol–water partition coefficient (Wildman–Crippen LogP) is 1.80. The lowest BCUT2D eigenvalue weighted by molar-refractivity contribution is 0.0791. The molecular weight excluding hydrogens is 317 g/mol. The lowest BCUT2D eigenvalue weighted by Crippen LogP contribution is -2.28. The molecule has 0 fully saturated rings. The number of ether oxygens (including phenoxy) is 1. The molecule has 1 atom stereocenters. The first-order valence-electron chi connectivity index (χ1n) is 6.41. The van der Waals surface area contributed by atoms with E-state index in [0.29, 0.717) is 30.5 Å². The molecule has 1 aromatic carbocycles. The van der Waals surface area contributed by atoms with Crippen LogP contribution in [0.1, 0.15) is 0 Å². The van der Waals surface area contributed by atoms with E-state index in [-0.39, 0.29) is 6.61 Å². The third kappa shape index (κ3) is 6.86. The molecule has 118 valence electrons. The van der Waals surface area contributed by atoms with Crippen molar-refractivity contribution in [3.8, 4) is 0 Å². The minimum atomic E-state index is -1.18. The maximum atomic E-state index is 11.4. The molecule has 21 heavy (non-hydrogen) atoms. The second kappa shape index (κ2) is 9.68. The molecule has 4 N–H and O–H groups in total. The van der Waals surface area contributed by atoms with Crippen molar-refractivity contribution in [2.75, 3.05) is 41.7 Å². The molecule has 1 aromatic rings. The van der Waals surface area contributed by atoms with Crippen molar-refractivity contribution < 1.29 is 14.6 Å².